The van der Waals surface area contributed by atoms with E-state index in [2.05, 4.69) is 19.2 Å². The molecule has 7 N–H and O–H groups in total. The minimum absolute atomic E-state index is 0.161. The monoisotopic (exact) mass is 856 g/mol. The van der Waals surface area contributed by atoms with Crippen molar-refractivity contribution in [1.29, 1.82) is 0 Å². The van der Waals surface area contributed by atoms with E-state index in [1.165, 1.54) is 186 Å². The smallest absolute Gasteiger partial charge is 0.220 e. The molecule has 0 aliphatic carbocycles. The summed E-state index contributed by atoms with van der Waals surface area (Å²) in [5.41, 5.74) is 0. The number of aliphatic hydroxyl groups is 6. The fourth-order valence-corrected chi connectivity index (χ4v) is 9.07. The number of hydrogen-bond donors (Lipinski definition) is 7. The number of ether oxygens (including phenoxy) is 1. The molecule has 0 bridgehead atoms. The van der Waals surface area contributed by atoms with Crippen LogP contribution in [0, 0.1) is 0 Å². The van der Waals surface area contributed by atoms with Gasteiger partial charge >= 0.3 is 0 Å². The average molecular weight is 856 g/mol. The van der Waals surface area contributed by atoms with E-state index < -0.39 is 55.4 Å². The lowest BCUT2D eigenvalue weighted by Gasteiger charge is -2.40. The van der Waals surface area contributed by atoms with E-state index in [4.69, 9.17) is 4.74 Å². The number of rotatable bonds is 44. The van der Waals surface area contributed by atoms with Gasteiger partial charge in [0.15, 0.2) is 0 Å². The summed E-state index contributed by atoms with van der Waals surface area (Å²) in [5.74, 6) is -0.172. The summed E-state index contributed by atoms with van der Waals surface area (Å²) in [6.07, 6.45) is 37.6. The lowest BCUT2D eigenvalue weighted by molar-refractivity contribution is -0.231. The third kappa shape index (κ3) is 30.3. The van der Waals surface area contributed by atoms with E-state index in [0.717, 1.165) is 38.5 Å². The van der Waals surface area contributed by atoms with Crippen molar-refractivity contribution in [2.75, 3.05) is 6.61 Å². The van der Waals surface area contributed by atoms with Crippen LogP contribution < -0.4 is 5.32 Å². The van der Waals surface area contributed by atoms with Gasteiger partial charge in [-0.15, -0.1) is 0 Å². The molecule has 8 atom stereocenters. The Kier molecular flexibility index (Phi) is 39.0. The van der Waals surface area contributed by atoms with E-state index in [-0.39, 0.29) is 18.7 Å². The second-order valence-electron chi connectivity index (χ2n) is 18.9. The number of amides is 1. The molecule has 9 heteroatoms. The molecule has 0 aromatic heterocycles. The first-order valence-electron chi connectivity index (χ1n) is 26.2. The maximum Gasteiger partial charge on any atom is 0.220 e. The highest BCUT2D eigenvalue weighted by molar-refractivity contribution is 5.76. The van der Waals surface area contributed by atoms with E-state index in [9.17, 15) is 35.4 Å². The first-order valence-corrected chi connectivity index (χ1v) is 26.2. The summed E-state index contributed by atoms with van der Waals surface area (Å²) in [6.45, 7) is 4.02. The Balaban J connectivity index is 2.26. The summed E-state index contributed by atoms with van der Waals surface area (Å²) < 4.78 is 5.69. The summed E-state index contributed by atoms with van der Waals surface area (Å²) in [6, 6.07) is -0.762. The molecular formula is C51H101NO8. The first kappa shape index (κ1) is 57.2. The van der Waals surface area contributed by atoms with Crippen LogP contribution in [-0.2, 0) is 9.53 Å². The maximum atomic E-state index is 13.1. The molecule has 0 unspecified atom stereocenters. The fourth-order valence-electron chi connectivity index (χ4n) is 9.07. The van der Waals surface area contributed by atoms with E-state index in [0.29, 0.717) is 12.8 Å². The molecule has 1 rings (SSSR count). The van der Waals surface area contributed by atoms with Gasteiger partial charge in [-0.25, -0.2) is 0 Å². The predicted octanol–water partition coefficient (Wildman–Crippen LogP) is 11.3. The van der Waals surface area contributed by atoms with Crippen LogP contribution in [0.1, 0.15) is 264 Å². The third-order valence-electron chi connectivity index (χ3n) is 13.3. The van der Waals surface area contributed by atoms with Crippen molar-refractivity contribution >= 4 is 5.91 Å². The Morgan fingerprint density at radius 3 is 1.17 bits per heavy atom. The van der Waals surface area contributed by atoms with Crippen LogP contribution in [-0.4, -0.2) is 91.9 Å². The first-order chi connectivity index (χ1) is 29.3. The van der Waals surface area contributed by atoms with Crippen LogP contribution in [0.4, 0.5) is 0 Å². The van der Waals surface area contributed by atoms with Crippen molar-refractivity contribution in [3.8, 4) is 0 Å². The molecule has 1 saturated heterocycles. The van der Waals surface area contributed by atoms with Crippen LogP contribution in [0.5, 0.6) is 0 Å². The van der Waals surface area contributed by atoms with Crippen LogP contribution in [0.15, 0.2) is 0 Å². The van der Waals surface area contributed by atoms with Crippen molar-refractivity contribution in [3.63, 3.8) is 0 Å². The molecule has 0 spiro atoms. The normalized spacial score (nSPS) is 21.0. The van der Waals surface area contributed by atoms with E-state index in [1.54, 1.807) is 0 Å². The second kappa shape index (κ2) is 40.9. The van der Waals surface area contributed by atoms with Gasteiger partial charge in [0.25, 0.3) is 0 Å². The SMILES string of the molecule is CCCCCCCCCCCCCCCCCCCCCCCCCC(=O)N[C@@H](CC[C@H]1O[C@H](CO)[C@H](O)[C@H](O)[C@H]1O)[C@H](O)[C@H](O)CCCCCCCCCCCCCC. The molecule has 0 radical (unpaired) electrons. The van der Waals surface area contributed by atoms with Gasteiger partial charge in [-0.1, -0.05) is 232 Å². The average Bonchev–Trinajstić information content (AvgIpc) is 3.25. The summed E-state index contributed by atoms with van der Waals surface area (Å²) in [5, 5.41) is 65.8. The zero-order valence-corrected chi connectivity index (χ0v) is 39.4. The number of hydrogen-bond acceptors (Lipinski definition) is 8. The summed E-state index contributed by atoms with van der Waals surface area (Å²) >= 11 is 0. The minimum Gasteiger partial charge on any atom is -0.394 e. The van der Waals surface area contributed by atoms with Gasteiger partial charge in [0.2, 0.25) is 5.91 Å². The van der Waals surface area contributed by atoms with Crippen molar-refractivity contribution in [2.24, 2.45) is 0 Å². The number of nitrogens with one attached hydrogen (secondary N) is 1. The lowest BCUT2D eigenvalue weighted by Crippen LogP contribution is -2.59. The maximum absolute atomic E-state index is 13.1. The number of unbranched alkanes of at least 4 members (excludes halogenated alkanes) is 33. The number of carbonyl (C=O) groups excluding carboxylic acids is 1. The topological polar surface area (TPSA) is 160 Å². The Bertz CT molecular complexity index is 924. The second-order valence-corrected chi connectivity index (χ2v) is 18.9. The van der Waals surface area contributed by atoms with Crippen molar-refractivity contribution in [2.45, 2.75) is 313 Å². The highest BCUT2D eigenvalue weighted by Crippen LogP contribution is 2.26. The van der Waals surface area contributed by atoms with Gasteiger partial charge in [-0.05, 0) is 25.7 Å². The number of aliphatic hydroxyl groups excluding tert-OH is 6. The summed E-state index contributed by atoms with van der Waals surface area (Å²) in [7, 11) is 0. The summed E-state index contributed by atoms with van der Waals surface area (Å²) in [4.78, 5) is 13.1. The van der Waals surface area contributed by atoms with Gasteiger partial charge < -0.3 is 40.7 Å². The largest absolute Gasteiger partial charge is 0.394 e. The van der Waals surface area contributed by atoms with Gasteiger partial charge in [-0.2, -0.15) is 0 Å². The molecule has 9 nitrogen and oxygen atoms in total. The quantitative estimate of drug-likeness (QED) is 0.0298. The van der Waals surface area contributed by atoms with Crippen LogP contribution in [0.3, 0.4) is 0 Å². The van der Waals surface area contributed by atoms with Crippen LogP contribution in [0.25, 0.3) is 0 Å². The van der Waals surface area contributed by atoms with E-state index >= 15 is 0 Å². The molecule has 1 fully saturated rings. The molecule has 60 heavy (non-hydrogen) atoms. The van der Waals surface area contributed by atoms with E-state index in [1.807, 2.05) is 0 Å². The van der Waals surface area contributed by atoms with Crippen LogP contribution in [0.2, 0.25) is 0 Å². The lowest BCUT2D eigenvalue weighted by atomic mass is 9.90. The molecule has 0 saturated carbocycles. The highest BCUT2D eigenvalue weighted by atomic mass is 16.5. The molecule has 1 heterocycles. The highest BCUT2D eigenvalue weighted by Gasteiger charge is 2.43. The molecular weight excluding hydrogens is 755 g/mol. The molecule has 0 aromatic rings. The fraction of sp³-hybridized carbons (Fsp3) is 0.980. The molecule has 1 aliphatic rings. The minimum atomic E-state index is -1.48. The molecule has 0 aromatic carbocycles. The van der Waals surface area contributed by atoms with Crippen molar-refractivity contribution < 1.29 is 40.2 Å². The van der Waals surface area contributed by atoms with Gasteiger partial charge in [0, 0.05) is 6.42 Å². The van der Waals surface area contributed by atoms with Gasteiger partial charge in [0.1, 0.15) is 24.4 Å². The van der Waals surface area contributed by atoms with Gasteiger partial charge in [0.05, 0.1) is 31.0 Å². The third-order valence-corrected chi connectivity index (χ3v) is 13.3. The van der Waals surface area contributed by atoms with Crippen molar-refractivity contribution in [1.82, 2.24) is 5.32 Å². The van der Waals surface area contributed by atoms with Gasteiger partial charge in [-0.3, -0.25) is 4.79 Å². The Morgan fingerprint density at radius 1 is 0.467 bits per heavy atom. The Morgan fingerprint density at radius 2 is 0.800 bits per heavy atom. The molecule has 358 valence electrons. The Hall–Kier alpha value is -0.810. The zero-order chi connectivity index (χ0) is 43.9. The Labute approximate surface area is 370 Å². The standard InChI is InChI=1S/C51H101NO8/c1-3-5-7-9-11-13-15-17-18-19-20-21-22-23-24-25-26-27-29-31-33-35-37-39-47(55)52-43(40-41-45-49(57)51(59)50(58)46(42-53)60-45)48(56)44(54)38-36-34-32-30-28-16-14-12-10-8-6-4-2/h43-46,48-51,53-54,56-59H,3-42H2,1-2H3,(H,52,55)/t43-,44+,45+,46+,48-,49-,50-,51+/m0/s1. The molecule has 1 amide bonds. The van der Waals surface area contributed by atoms with Crippen LogP contribution >= 0.6 is 0 Å². The van der Waals surface area contributed by atoms with Crippen molar-refractivity contribution in [3.05, 3.63) is 0 Å². The number of carbonyl (C=O) groups is 1. The zero-order valence-electron chi connectivity index (χ0n) is 39.4. The molecule has 1 aliphatic heterocycles. The predicted molar refractivity (Wildman–Crippen MR) is 249 cm³/mol.